The van der Waals surface area contributed by atoms with Crippen molar-refractivity contribution in [3.05, 3.63) is 211 Å². The molecule has 3 heterocycles. The molecule has 0 saturated carbocycles. The highest BCUT2D eigenvalue weighted by Gasteiger charge is 2.26. The van der Waals surface area contributed by atoms with Crippen molar-refractivity contribution in [2.45, 2.75) is 25.2 Å². The van der Waals surface area contributed by atoms with Crippen molar-refractivity contribution in [1.29, 1.82) is 0 Å². The smallest absolute Gasteiger partial charge is 0.0547 e. The lowest BCUT2D eigenvalue weighted by Gasteiger charge is -2.29. The second kappa shape index (κ2) is 13.9. The highest BCUT2D eigenvalue weighted by Crippen LogP contribution is 2.48. The number of aryl methyl sites for hydroxylation is 1. The fourth-order valence-corrected chi connectivity index (χ4v) is 12.8. The van der Waals surface area contributed by atoms with Crippen LogP contribution in [0.25, 0.3) is 101 Å². The molecule has 1 nitrogen and oxygen atoms in total. The molecule has 288 valence electrons. The Morgan fingerprint density at radius 2 is 1.11 bits per heavy atom. The van der Waals surface area contributed by atoms with Crippen LogP contribution >= 0.6 is 22.7 Å². The highest BCUT2D eigenvalue weighted by atomic mass is 32.1. The normalized spacial score (nSPS) is 13.8. The first-order valence-electron chi connectivity index (χ1n) is 21.4. The molecule has 9 aromatic carbocycles. The van der Waals surface area contributed by atoms with Gasteiger partial charge in [-0.1, -0.05) is 146 Å². The van der Waals surface area contributed by atoms with E-state index >= 15 is 0 Å². The van der Waals surface area contributed by atoms with Crippen molar-refractivity contribution >= 4 is 84.8 Å². The Labute approximate surface area is 362 Å². The summed E-state index contributed by atoms with van der Waals surface area (Å²) in [4.78, 5) is 0. The summed E-state index contributed by atoms with van der Waals surface area (Å²) in [6.45, 7) is 0. The summed E-state index contributed by atoms with van der Waals surface area (Å²) in [6.07, 6.45) is 3.26. The maximum atomic E-state index is 2.54. The van der Waals surface area contributed by atoms with Gasteiger partial charge in [0.25, 0.3) is 0 Å². The van der Waals surface area contributed by atoms with E-state index in [4.69, 9.17) is 0 Å². The molecule has 0 amide bonds. The molecule has 0 spiro atoms. The fourth-order valence-electron chi connectivity index (χ4n) is 10.5. The van der Waals surface area contributed by atoms with Crippen LogP contribution in [0.5, 0.6) is 0 Å². The van der Waals surface area contributed by atoms with Crippen LogP contribution in [0.15, 0.2) is 194 Å². The monoisotopic (exact) mass is 813 g/mol. The lowest BCUT2D eigenvalue weighted by molar-refractivity contribution is 0.616. The molecule has 12 aromatic rings. The van der Waals surface area contributed by atoms with Gasteiger partial charge in [0.1, 0.15) is 0 Å². The van der Waals surface area contributed by atoms with Gasteiger partial charge in [-0.2, -0.15) is 0 Å². The molecule has 0 N–H and O–H groups in total. The predicted molar refractivity (Wildman–Crippen MR) is 264 cm³/mol. The zero-order chi connectivity index (χ0) is 40.0. The van der Waals surface area contributed by atoms with E-state index in [2.05, 4.69) is 199 Å². The van der Waals surface area contributed by atoms with E-state index in [1.54, 1.807) is 0 Å². The molecule has 0 aliphatic heterocycles. The third-order valence-corrected chi connectivity index (χ3v) is 15.7. The molecule has 13 rings (SSSR count). The summed E-state index contributed by atoms with van der Waals surface area (Å²) in [7, 11) is 0. The van der Waals surface area contributed by atoms with Gasteiger partial charge in [-0.15, -0.1) is 22.7 Å². The minimum absolute atomic E-state index is 0.447. The van der Waals surface area contributed by atoms with Crippen LogP contribution in [-0.2, 0) is 12.8 Å². The van der Waals surface area contributed by atoms with E-state index in [-0.39, 0.29) is 0 Å². The SMILES string of the molecule is c1ccc(CCC2Cc3ccccc3-c3ccc(-c4cccc5c4c4ccccc4n5-c4cc(-c5ccc6sc7ccccc7c6c5)c5sc6ccccc6c5c4)cc32)cc1. The molecular formula is C58H39NS2. The summed E-state index contributed by atoms with van der Waals surface area (Å²) in [6, 6.07) is 73.1. The summed E-state index contributed by atoms with van der Waals surface area (Å²) < 4.78 is 7.85. The summed E-state index contributed by atoms with van der Waals surface area (Å²) in [5.74, 6) is 0.447. The highest BCUT2D eigenvalue weighted by molar-refractivity contribution is 7.26. The molecule has 0 fully saturated rings. The Morgan fingerprint density at radius 3 is 2.00 bits per heavy atom. The van der Waals surface area contributed by atoms with Crippen LogP contribution in [0.4, 0.5) is 0 Å². The summed E-state index contributed by atoms with van der Waals surface area (Å²) in [5, 5.41) is 7.86. The molecule has 3 heteroatoms. The van der Waals surface area contributed by atoms with E-state index < -0.39 is 0 Å². The van der Waals surface area contributed by atoms with Gasteiger partial charge in [0.05, 0.1) is 11.0 Å². The largest absolute Gasteiger partial charge is 0.309 e. The molecular weight excluding hydrogens is 775 g/mol. The molecule has 1 unspecified atom stereocenters. The van der Waals surface area contributed by atoms with Crippen LogP contribution in [0.3, 0.4) is 0 Å². The molecule has 0 radical (unpaired) electrons. The summed E-state index contributed by atoms with van der Waals surface area (Å²) in [5.41, 5.74) is 15.9. The number of rotatable bonds is 6. The van der Waals surface area contributed by atoms with Crippen molar-refractivity contribution in [2.24, 2.45) is 0 Å². The van der Waals surface area contributed by atoms with Gasteiger partial charge in [0.2, 0.25) is 0 Å². The number of thiophene rings is 2. The Bertz CT molecular complexity index is 3690. The molecule has 61 heavy (non-hydrogen) atoms. The second-order valence-electron chi connectivity index (χ2n) is 16.7. The molecule has 0 saturated heterocycles. The Hall–Kier alpha value is -6.78. The van der Waals surface area contributed by atoms with Crippen molar-refractivity contribution in [3.63, 3.8) is 0 Å². The maximum Gasteiger partial charge on any atom is 0.0547 e. The Kier molecular flexibility index (Phi) is 7.97. The number of fused-ring (bicyclic) bond motifs is 12. The van der Waals surface area contributed by atoms with E-state index in [1.165, 1.54) is 118 Å². The van der Waals surface area contributed by atoms with Crippen molar-refractivity contribution in [1.82, 2.24) is 4.57 Å². The average Bonchev–Trinajstić information content (AvgIpc) is 4.00. The zero-order valence-corrected chi connectivity index (χ0v) is 35.1. The van der Waals surface area contributed by atoms with E-state index in [1.807, 2.05) is 22.7 Å². The Balaban J connectivity index is 1.02. The fraction of sp³-hybridized carbons (Fsp3) is 0.0690. The van der Waals surface area contributed by atoms with Crippen molar-refractivity contribution < 1.29 is 0 Å². The van der Waals surface area contributed by atoms with Gasteiger partial charge in [0, 0.05) is 62.4 Å². The standard InChI is InChI=1S/C58H39NS2/c1-2-13-36(14-3-1)25-26-38-31-37-15-4-5-16-42(37)44-29-27-39(32-48(38)44)43-20-12-22-53-57(43)47-19-6-9-21-52(47)59(53)41-34-49(58-51(35-41)46-18-8-11-24-55(46)61-58)40-28-30-56-50(33-40)45-17-7-10-23-54(45)60-56/h1-24,27-30,32-35,38H,25-26,31H2. The van der Waals surface area contributed by atoms with E-state index in [0.29, 0.717) is 5.92 Å². The van der Waals surface area contributed by atoms with Gasteiger partial charge in [-0.25, -0.2) is 0 Å². The first-order valence-corrected chi connectivity index (χ1v) is 23.0. The number of benzene rings is 9. The molecule has 3 aromatic heterocycles. The van der Waals surface area contributed by atoms with Crippen LogP contribution in [0, 0.1) is 0 Å². The zero-order valence-electron chi connectivity index (χ0n) is 33.4. The third-order valence-electron chi connectivity index (χ3n) is 13.3. The van der Waals surface area contributed by atoms with Crippen LogP contribution in [0.1, 0.15) is 29.0 Å². The number of hydrogen-bond acceptors (Lipinski definition) is 2. The van der Waals surface area contributed by atoms with Crippen LogP contribution < -0.4 is 0 Å². The molecule has 1 aliphatic carbocycles. The maximum absolute atomic E-state index is 2.54. The van der Waals surface area contributed by atoms with Gasteiger partial charge in [0.15, 0.2) is 0 Å². The van der Waals surface area contributed by atoms with Crippen LogP contribution in [-0.4, -0.2) is 4.57 Å². The third kappa shape index (κ3) is 5.58. The summed E-state index contributed by atoms with van der Waals surface area (Å²) >= 11 is 3.79. The minimum Gasteiger partial charge on any atom is -0.309 e. The van der Waals surface area contributed by atoms with E-state index in [0.717, 1.165) is 19.3 Å². The number of aromatic nitrogens is 1. The first-order chi connectivity index (χ1) is 30.2. The Morgan fingerprint density at radius 1 is 0.443 bits per heavy atom. The second-order valence-corrected chi connectivity index (χ2v) is 18.9. The molecule has 1 atom stereocenters. The first kappa shape index (κ1) is 35.0. The van der Waals surface area contributed by atoms with Crippen molar-refractivity contribution in [2.75, 3.05) is 0 Å². The van der Waals surface area contributed by atoms with Crippen molar-refractivity contribution in [3.8, 4) is 39.1 Å². The van der Waals surface area contributed by atoms with Gasteiger partial charge < -0.3 is 4.57 Å². The van der Waals surface area contributed by atoms with Crippen LogP contribution in [0.2, 0.25) is 0 Å². The number of hydrogen-bond donors (Lipinski definition) is 0. The topological polar surface area (TPSA) is 4.93 Å². The van der Waals surface area contributed by atoms with Gasteiger partial charge in [-0.3, -0.25) is 0 Å². The predicted octanol–water partition coefficient (Wildman–Crippen LogP) is 16.8. The average molecular weight is 814 g/mol. The molecule has 1 aliphatic rings. The molecule has 0 bridgehead atoms. The van der Waals surface area contributed by atoms with Gasteiger partial charge in [-0.05, 0) is 118 Å². The van der Waals surface area contributed by atoms with Gasteiger partial charge >= 0.3 is 0 Å². The van der Waals surface area contributed by atoms with E-state index in [9.17, 15) is 0 Å². The number of para-hydroxylation sites is 1. The number of nitrogens with zero attached hydrogens (tertiary/aromatic N) is 1. The minimum atomic E-state index is 0.447. The lowest BCUT2D eigenvalue weighted by atomic mass is 9.75. The quantitative estimate of drug-likeness (QED) is 0.158. The lowest BCUT2D eigenvalue weighted by Crippen LogP contribution is -2.12.